The second-order valence-corrected chi connectivity index (χ2v) is 9.17. The Labute approximate surface area is 219 Å². The summed E-state index contributed by atoms with van der Waals surface area (Å²) in [7, 11) is 0. The second kappa shape index (κ2) is 10.5. The first-order valence-electron chi connectivity index (χ1n) is 10.2. The van der Waals surface area contributed by atoms with Crippen molar-refractivity contribution in [1.29, 1.82) is 0 Å². The molecule has 1 aliphatic rings. The summed E-state index contributed by atoms with van der Waals surface area (Å²) >= 11 is 24.7. The van der Waals surface area contributed by atoms with E-state index in [0.717, 1.165) is 12.1 Å². The molecule has 0 aromatic heterocycles. The molecule has 0 saturated heterocycles. The Balaban J connectivity index is 1.69. The standard InChI is InChI=1S/C24H16Cl4FNO5/c25-14-2-1-3-15(26)20(14)23(31)30-18(24(32)33)8-11-4-5-13(22-21(11)34-6-7-35-22)19-16(27)9-12(29)10-17(19)28/h1-5,9-10,18H,6-8H2,(H,30,31)(H,32,33). The quantitative estimate of drug-likeness (QED) is 0.370. The van der Waals surface area contributed by atoms with Crippen LogP contribution in [-0.2, 0) is 11.2 Å². The third-order valence-corrected chi connectivity index (χ3v) is 6.49. The lowest BCUT2D eigenvalue weighted by molar-refractivity contribution is -0.139. The van der Waals surface area contributed by atoms with Crippen LogP contribution in [0.2, 0.25) is 20.1 Å². The predicted molar refractivity (Wildman–Crippen MR) is 132 cm³/mol. The SMILES string of the molecule is O=C(NC(Cc1ccc(-c2c(Cl)cc(F)cc2Cl)c2c1OCCO2)C(=O)O)c1c(Cl)cccc1Cl. The number of amides is 1. The molecule has 0 saturated carbocycles. The van der Waals surface area contributed by atoms with E-state index in [1.54, 1.807) is 18.2 Å². The van der Waals surface area contributed by atoms with Gasteiger partial charge in [0, 0.05) is 23.1 Å². The van der Waals surface area contributed by atoms with Crippen LogP contribution >= 0.6 is 46.4 Å². The molecule has 0 radical (unpaired) electrons. The molecule has 6 nitrogen and oxygen atoms in total. The number of benzene rings is 3. The minimum Gasteiger partial charge on any atom is -0.486 e. The van der Waals surface area contributed by atoms with E-state index in [0.29, 0.717) is 16.7 Å². The van der Waals surface area contributed by atoms with Gasteiger partial charge in [-0.2, -0.15) is 0 Å². The lowest BCUT2D eigenvalue weighted by atomic mass is 9.97. The van der Waals surface area contributed by atoms with Gasteiger partial charge in [0.1, 0.15) is 25.1 Å². The molecule has 2 N–H and O–H groups in total. The zero-order chi connectivity index (χ0) is 25.3. The average Bonchev–Trinajstić information content (AvgIpc) is 2.79. The fourth-order valence-corrected chi connectivity index (χ4v) is 4.95. The summed E-state index contributed by atoms with van der Waals surface area (Å²) in [6.07, 6.45) is -0.139. The van der Waals surface area contributed by atoms with E-state index in [-0.39, 0.29) is 56.8 Å². The molecule has 3 aromatic carbocycles. The van der Waals surface area contributed by atoms with E-state index in [1.807, 2.05) is 0 Å². The average molecular weight is 559 g/mol. The normalized spacial score (nSPS) is 13.3. The molecule has 4 rings (SSSR count). The first-order valence-corrected chi connectivity index (χ1v) is 11.7. The van der Waals surface area contributed by atoms with Crippen molar-refractivity contribution in [3.05, 3.63) is 79.5 Å². The molecule has 1 atom stereocenters. The summed E-state index contributed by atoms with van der Waals surface area (Å²) in [6.45, 7) is 0.442. The molecular formula is C24H16Cl4FNO5. The first kappa shape index (κ1) is 25.4. The number of nitrogens with one attached hydrogen (secondary N) is 1. The van der Waals surface area contributed by atoms with Crippen LogP contribution in [0.25, 0.3) is 11.1 Å². The molecule has 3 aromatic rings. The van der Waals surface area contributed by atoms with E-state index in [9.17, 15) is 19.1 Å². The van der Waals surface area contributed by atoms with Crippen molar-refractivity contribution in [2.45, 2.75) is 12.5 Å². The molecular weight excluding hydrogens is 543 g/mol. The highest BCUT2D eigenvalue weighted by Gasteiger charge is 2.29. The van der Waals surface area contributed by atoms with Crippen molar-refractivity contribution in [2.75, 3.05) is 13.2 Å². The van der Waals surface area contributed by atoms with Crippen LogP contribution in [0.1, 0.15) is 15.9 Å². The molecule has 0 bridgehead atoms. The lowest BCUT2D eigenvalue weighted by Gasteiger charge is -2.25. The number of carboxylic acids is 1. The number of aliphatic carboxylic acids is 1. The zero-order valence-corrected chi connectivity index (χ0v) is 20.7. The Bertz CT molecular complexity index is 1290. The van der Waals surface area contributed by atoms with Crippen molar-refractivity contribution >= 4 is 58.3 Å². The number of hydrogen-bond acceptors (Lipinski definition) is 4. The van der Waals surface area contributed by atoms with Gasteiger partial charge in [0.15, 0.2) is 11.5 Å². The number of carbonyl (C=O) groups is 2. The maximum absolute atomic E-state index is 13.7. The Morgan fingerprint density at radius 3 is 2.14 bits per heavy atom. The van der Waals surface area contributed by atoms with Crippen LogP contribution in [0.15, 0.2) is 42.5 Å². The largest absolute Gasteiger partial charge is 0.486 e. The summed E-state index contributed by atoms with van der Waals surface area (Å²) < 4.78 is 25.3. The Morgan fingerprint density at radius 2 is 1.54 bits per heavy atom. The van der Waals surface area contributed by atoms with Crippen LogP contribution in [0, 0.1) is 5.82 Å². The minimum atomic E-state index is -1.34. The summed E-state index contributed by atoms with van der Waals surface area (Å²) in [5, 5.41) is 12.6. The van der Waals surface area contributed by atoms with Crippen LogP contribution < -0.4 is 14.8 Å². The van der Waals surface area contributed by atoms with Crippen molar-refractivity contribution in [3.8, 4) is 22.6 Å². The summed E-state index contributed by atoms with van der Waals surface area (Å²) in [6, 6.07) is 8.68. The van der Waals surface area contributed by atoms with E-state index in [2.05, 4.69) is 5.32 Å². The van der Waals surface area contributed by atoms with E-state index < -0.39 is 23.7 Å². The highest BCUT2D eigenvalue weighted by molar-refractivity contribution is 6.40. The molecule has 1 amide bonds. The Hall–Kier alpha value is -2.71. The molecule has 1 heterocycles. The third-order valence-electron chi connectivity index (χ3n) is 5.26. The van der Waals surface area contributed by atoms with Crippen molar-refractivity contribution in [1.82, 2.24) is 5.32 Å². The fraction of sp³-hybridized carbons (Fsp3) is 0.167. The van der Waals surface area contributed by atoms with Crippen molar-refractivity contribution < 1.29 is 28.6 Å². The first-order chi connectivity index (χ1) is 16.7. The highest BCUT2D eigenvalue weighted by Crippen LogP contribution is 2.47. The summed E-state index contributed by atoms with van der Waals surface area (Å²) in [5.74, 6) is -2.04. The number of rotatable bonds is 6. The van der Waals surface area contributed by atoms with E-state index >= 15 is 0 Å². The minimum absolute atomic E-state index is 0.0281. The van der Waals surface area contributed by atoms with Gasteiger partial charge in [0.2, 0.25) is 0 Å². The Kier molecular flexibility index (Phi) is 7.62. The molecule has 11 heteroatoms. The number of carboxylic acid groups (broad SMARTS) is 1. The summed E-state index contributed by atoms with van der Waals surface area (Å²) in [4.78, 5) is 24.8. The van der Waals surface area contributed by atoms with Crippen LogP contribution in [0.4, 0.5) is 4.39 Å². The van der Waals surface area contributed by atoms with Gasteiger partial charge in [0.05, 0.1) is 25.7 Å². The third kappa shape index (κ3) is 5.28. The van der Waals surface area contributed by atoms with Gasteiger partial charge in [-0.05, 0) is 30.3 Å². The molecule has 35 heavy (non-hydrogen) atoms. The fourth-order valence-electron chi connectivity index (χ4n) is 3.71. The van der Waals surface area contributed by atoms with E-state index in [4.69, 9.17) is 55.9 Å². The smallest absolute Gasteiger partial charge is 0.326 e. The maximum atomic E-state index is 13.7. The number of hydrogen-bond donors (Lipinski definition) is 2. The second-order valence-electron chi connectivity index (χ2n) is 7.54. The van der Waals surface area contributed by atoms with Crippen LogP contribution in [-0.4, -0.2) is 36.2 Å². The number of halogens is 5. The molecule has 182 valence electrons. The molecule has 0 spiro atoms. The summed E-state index contributed by atoms with van der Waals surface area (Å²) in [5.41, 5.74) is 1.23. The molecule has 1 aliphatic heterocycles. The van der Waals surface area contributed by atoms with Gasteiger partial charge in [-0.15, -0.1) is 0 Å². The number of fused-ring (bicyclic) bond motifs is 1. The van der Waals surface area contributed by atoms with Gasteiger partial charge in [-0.1, -0.05) is 58.5 Å². The van der Waals surface area contributed by atoms with Crippen molar-refractivity contribution in [3.63, 3.8) is 0 Å². The predicted octanol–water partition coefficient (Wildman–Crippen LogP) is 6.30. The monoisotopic (exact) mass is 557 g/mol. The number of ether oxygens (including phenoxy) is 2. The highest BCUT2D eigenvalue weighted by atomic mass is 35.5. The molecule has 0 aliphatic carbocycles. The Morgan fingerprint density at radius 1 is 0.943 bits per heavy atom. The van der Waals surface area contributed by atoms with Crippen LogP contribution in [0.3, 0.4) is 0 Å². The molecule has 1 unspecified atom stereocenters. The number of carbonyl (C=O) groups excluding carboxylic acids is 1. The zero-order valence-electron chi connectivity index (χ0n) is 17.7. The lowest BCUT2D eigenvalue weighted by Crippen LogP contribution is -2.42. The van der Waals surface area contributed by atoms with Gasteiger partial charge in [-0.25, -0.2) is 9.18 Å². The van der Waals surface area contributed by atoms with Crippen LogP contribution in [0.5, 0.6) is 11.5 Å². The van der Waals surface area contributed by atoms with Gasteiger partial charge >= 0.3 is 5.97 Å². The topological polar surface area (TPSA) is 84.9 Å². The molecule has 0 fully saturated rings. The van der Waals surface area contributed by atoms with Gasteiger partial charge in [0.25, 0.3) is 5.91 Å². The van der Waals surface area contributed by atoms with Gasteiger partial charge in [-0.3, -0.25) is 4.79 Å². The van der Waals surface area contributed by atoms with Crippen molar-refractivity contribution in [2.24, 2.45) is 0 Å². The van der Waals surface area contributed by atoms with E-state index in [1.165, 1.54) is 12.1 Å². The maximum Gasteiger partial charge on any atom is 0.326 e. The van der Waals surface area contributed by atoms with Gasteiger partial charge < -0.3 is 19.9 Å².